The second kappa shape index (κ2) is 4.80. The van der Waals surface area contributed by atoms with Gasteiger partial charge in [0.05, 0.1) is 18.1 Å². The number of nitrogens with two attached hydrogens (primary N) is 1. The number of rotatable bonds is 3. The largest absolute Gasteiger partial charge is 0.399 e. The Labute approximate surface area is 105 Å². The van der Waals surface area contributed by atoms with Crippen molar-refractivity contribution in [2.75, 3.05) is 19.3 Å². The monoisotopic (exact) mass is 242 g/mol. The van der Waals surface area contributed by atoms with Gasteiger partial charge < -0.3 is 15.6 Å². The zero-order valence-corrected chi connectivity index (χ0v) is 10.1. The molecule has 0 saturated heterocycles. The predicted octanol–water partition coefficient (Wildman–Crippen LogP) is 1.74. The average molecular weight is 242 g/mol. The standard InChI is InChI=1S/C13H14N4O/c1-17(6-2-5-14)13(18)11-8-16-12-4-3-9(15)7-10(11)12/h3-4,7-8,16H,2,6,15H2,1H3. The number of carbonyl (C=O) groups excluding carboxylic acids is 1. The van der Waals surface area contributed by atoms with Crippen LogP contribution < -0.4 is 5.73 Å². The van der Waals surface area contributed by atoms with Gasteiger partial charge >= 0.3 is 0 Å². The van der Waals surface area contributed by atoms with E-state index in [0.29, 0.717) is 24.2 Å². The van der Waals surface area contributed by atoms with Crippen LogP contribution in [0.4, 0.5) is 5.69 Å². The molecule has 0 radical (unpaired) electrons. The predicted molar refractivity (Wildman–Crippen MR) is 69.9 cm³/mol. The van der Waals surface area contributed by atoms with Crippen molar-refractivity contribution in [1.82, 2.24) is 9.88 Å². The van der Waals surface area contributed by atoms with E-state index in [1.54, 1.807) is 25.4 Å². The summed E-state index contributed by atoms with van der Waals surface area (Å²) < 4.78 is 0. The molecular formula is C13H14N4O. The highest BCUT2D eigenvalue weighted by molar-refractivity contribution is 6.07. The number of benzene rings is 1. The number of amides is 1. The van der Waals surface area contributed by atoms with E-state index in [2.05, 4.69) is 4.98 Å². The summed E-state index contributed by atoms with van der Waals surface area (Å²) in [4.78, 5) is 16.8. The maximum Gasteiger partial charge on any atom is 0.255 e. The lowest BCUT2D eigenvalue weighted by Crippen LogP contribution is -2.27. The number of H-pyrrole nitrogens is 1. The van der Waals surface area contributed by atoms with E-state index in [-0.39, 0.29) is 5.91 Å². The molecule has 1 aromatic heterocycles. The molecule has 0 atom stereocenters. The number of fused-ring (bicyclic) bond motifs is 1. The molecule has 92 valence electrons. The Hall–Kier alpha value is -2.48. The minimum Gasteiger partial charge on any atom is -0.399 e. The van der Waals surface area contributed by atoms with Crippen molar-refractivity contribution >= 4 is 22.5 Å². The van der Waals surface area contributed by atoms with Gasteiger partial charge in [0.2, 0.25) is 0 Å². The normalized spacial score (nSPS) is 10.2. The fraction of sp³-hybridized carbons (Fsp3) is 0.231. The topological polar surface area (TPSA) is 85.9 Å². The maximum absolute atomic E-state index is 12.2. The third-order valence-electron chi connectivity index (χ3n) is 2.84. The molecule has 0 aliphatic rings. The van der Waals surface area contributed by atoms with Gasteiger partial charge in [0.1, 0.15) is 0 Å². The van der Waals surface area contributed by atoms with Crippen molar-refractivity contribution in [3.8, 4) is 6.07 Å². The number of nitrogen functional groups attached to an aromatic ring is 1. The van der Waals surface area contributed by atoms with Gasteiger partial charge in [-0.2, -0.15) is 5.26 Å². The molecule has 0 spiro atoms. The highest BCUT2D eigenvalue weighted by atomic mass is 16.2. The number of nitriles is 1. The molecule has 5 nitrogen and oxygen atoms in total. The van der Waals surface area contributed by atoms with Gasteiger partial charge in [0, 0.05) is 36.4 Å². The Kier molecular flexibility index (Phi) is 3.20. The summed E-state index contributed by atoms with van der Waals surface area (Å²) in [5.41, 5.74) is 7.81. The summed E-state index contributed by atoms with van der Waals surface area (Å²) in [6.07, 6.45) is 2.00. The second-order valence-electron chi connectivity index (χ2n) is 4.14. The van der Waals surface area contributed by atoms with Crippen LogP contribution in [-0.2, 0) is 0 Å². The fourth-order valence-electron chi connectivity index (χ4n) is 1.84. The van der Waals surface area contributed by atoms with Crippen LogP contribution in [0.25, 0.3) is 10.9 Å². The lowest BCUT2D eigenvalue weighted by Gasteiger charge is -2.14. The third kappa shape index (κ3) is 2.13. The molecule has 0 unspecified atom stereocenters. The smallest absolute Gasteiger partial charge is 0.255 e. The number of anilines is 1. The van der Waals surface area contributed by atoms with Crippen LogP contribution in [0.3, 0.4) is 0 Å². The van der Waals surface area contributed by atoms with Gasteiger partial charge in [-0.05, 0) is 18.2 Å². The summed E-state index contributed by atoms with van der Waals surface area (Å²) in [7, 11) is 1.69. The molecule has 1 aromatic carbocycles. The van der Waals surface area contributed by atoms with Crippen molar-refractivity contribution < 1.29 is 4.79 Å². The first-order valence-corrected chi connectivity index (χ1v) is 5.62. The van der Waals surface area contributed by atoms with E-state index in [4.69, 9.17) is 11.0 Å². The summed E-state index contributed by atoms with van der Waals surface area (Å²) in [5, 5.41) is 9.33. The Morgan fingerprint density at radius 3 is 3.06 bits per heavy atom. The van der Waals surface area contributed by atoms with E-state index in [1.165, 1.54) is 4.90 Å². The van der Waals surface area contributed by atoms with E-state index in [9.17, 15) is 4.79 Å². The summed E-state index contributed by atoms with van der Waals surface area (Å²) in [5.74, 6) is -0.109. The molecular weight excluding hydrogens is 228 g/mol. The Balaban J connectivity index is 2.33. The van der Waals surface area contributed by atoms with Gasteiger partial charge in [-0.25, -0.2) is 0 Å². The first-order chi connectivity index (χ1) is 8.63. The van der Waals surface area contributed by atoms with Crippen molar-refractivity contribution in [2.45, 2.75) is 6.42 Å². The van der Waals surface area contributed by atoms with Crippen LogP contribution >= 0.6 is 0 Å². The molecule has 0 saturated carbocycles. The van der Waals surface area contributed by atoms with Crippen molar-refractivity contribution in [1.29, 1.82) is 5.26 Å². The Morgan fingerprint density at radius 1 is 1.56 bits per heavy atom. The molecule has 1 heterocycles. The molecule has 0 aliphatic heterocycles. The minimum absolute atomic E-state index is 0.109. The van der Waals surface area contributed by atoms with Crippen LogP contribution in [0.1, 0.15) is 16.8 Å². The second-order valence-corrected chi connectivity index (χ2v) is 4.14. The van der Waals surface area contributed by atoms with Crippen LogP contribution in [0, 0.1) is 11.3 Å². The molecule has 18 heavy (non-hydrogen) atoms. The molecule has 0 aliphatic carbocycles. The number of carbonyl (C=O) groups is 1. The third-order valence-corrected chi connectivity index (χ3v) is 2.84. The number of nitrogens with one attached hydrogen (secondary N) is 1. The zero-order valence-electron chi connectivity index (χ0n) is 10.1. The first kappa shape index (κ1) is 12.0. The first-order valence-electron chi connectivity index (χ1n) is 5.62. The van der Waals surface area contributed by atoms with Gasteiger partial charge in [-0.15, -0.1) is 0 Å². The fourth-order valence-corrected chi connectivity index (χ4v) is 1.84. The quantitative estimate of drug-likeness (QED) is 0.804. The zero-order chi connectivity index (χ0) is 13.1. The van der Waals surface area contributed by atoms with Crippen LogP contribution in [-0.4, -0.2) is 29.4 Å². The van der Waals surface area contributed by atoms with E-state index >= 15 is 0 Å². The van der Waals surface area contributed by atoms with Gasteiger partial charge in [0.15, 0.2) is 0 Å². The summed E-state index contributed by atoms with van der Waals surface area (Å²) in [6, 6.07) is 7.43. The number of aromatic nitrogens is 1. The molecule has 0 fully saturated rings. The minimum atomic E-state index is -0.109. The van der Waals surface area contributed by atoms with Gasteiger partial charge in [-0.3, -0.25) is 4.79 Å². The lowest BCUT2D eigenvalue weighted by atomic mass is 10.1. The molecule has 3 N–H and O–H groups in total. The number of hydrogen-bond acceptors (Lipinski definition) is 3. The Morgan fingerprint density at radius 2 is 2.33 bits per heavy atom. The van der Waals surface area contributed by atoms with Crippen LogP contribution in [0.2, 0.25) is 0 Å². The number of nitrogens with zero attached hydrogens (tertiary/aromatic N) is 2. The highest BCUT2D eigenvalue weighted by Gasteiger charge is 2.15. The summed E-state index contributed by atoms with van der Waals surface area (Å²) >= 11 is 0. The van der Waals surface area contributed by atoms with Crippen molar-refractivity contribution in [3.63, 3.8) is 0 Å². The molecule has 2 rings (SSSR count). The van der Waals surface area contributed by atoms with E-state index in [1.807, 2.05) is 12.1 Å². The molecule has 0 bridgehead atoms. The molecule has 2 aromatic rings. The molecule has 5 heteroatoms. The van der Waals surface area contributed by atoms with E-state index < -0.39 is 0 Å². The van der Waals surface area contributed by atoms with Gasteiger partial charge in [0.25, 0.3) is 5.91 Å². The number of hydrogen-bond donors (Lipinski definition) is 2. The van der Waals surface area contributed by atoms with Gasteiger partial charge in [-0.1, -0.05) is 0 Å². The van der Waals surface area contributed by atoms with E-state index in [0.717, 1.165) is 10.9 Å². The van der Waals surface area contributed by atoms with Crippen LogP contribution in [0.15, 0.2) is 24.4 Å². The highest BCUT2D eigenvalue weighted by Crippen LogP contribution is 2.21. The maximum atomic E-state index is 12.2. The summed E-state index contributed by atoms with van der Waals surface area (Å²) in [6.45, 7) is 0.421. The number of aromatic amines is 1. The van der Waals surface area contributed by atoms with Crippen molar-refractivity contribution in [3.05, 3.63) is 30.0 Å². The van der Waals surface area contributed by atoms with Crippen molar-refractivity contribution in [2.24, 2.45) is 0 Å². The SMILES string of the molecule is CN(CCC#N)C(=O)c1c[nH]c2ccc(N)cc12. The Bertz CT molecular complexity index is 623. The average Bonchev–Trinajstić information content (AvgIpc) is 2.77. The lowest BCUT2D eigenvalue weighted by molar-refractivity contribution is 0.0800. The molecule has 1 amide bonds. The van der Waals surface area contributed by atoms with Crippen LogP contribution in [0.5, 0.6) is 0 Å².